The summed E-state index contributed by atoms with van der Waals surface area (Å²) in [6.45, 7) is -1.61. The third-order valence-electron chi connectivity index (χ3n) is 5.43. The van der Waals surface area contributed by atoms with Crippen LogP contribution in [0.3, 0.4) is 0 Å². The zero-order chi connectivity index (χ0) is 29.6. The Morgan fingerprint density at radius 1 is 1.12 bits per heavy atom. The first-order valence-electron chi connectivity index (χ1n) is 10.7. The summed E-state index contributed by atoms with van der Waals surface area (Å²) in [5.74, 6) is -0.672. The zero-order valence-electron chi connectivity index (χ0n) is 19.5. The number of ether oxygens (including phenoxy) is 2. The lowest BCUT2D eigenvalue weighted by Gasteiger charge is -2.20. The molecule has 220 valence electrons. The lowest BCUT2D eigenvalue weighted by molar-refractivity contribution is -0.274. The maximum absolute atomic E-state index is 12.9. The average molecular weight is 618 g/mol. The van der Waals surface area contributed by atoms with E-state index in [9.17, 15) is 42.2 Å². The van der Waals surface area contributed by atoms with Crippen LogP contribution in [0.5, 0.6) is 5.75 Å². The SMILES string of the molecule is N=c1n([C@@H]2O[C@H](COP(=O)(O)OP(=O)(O)O)[C@H](O)[C@@H]2O)ccc(=O)n1Cc1noc2cccc(OC(F)(F)F)c12. The molecule has 1 unspecified atom stereocenters. The zero-order valence-corrected chi connectivity index (χ0v) is 21.3. The fourth-order valence-corrected chi connectivity index (χ4v) is 5.42. The van der Waals surface area contributed by atoms with Gasteiger partial charge in [0.25, 0.3) is 5.56 Å². The van der Waals surface area contributed by atoms with E-state index in [4.69, 9.17) is 24.5 Å². The Morgan fingerprint density at radius 3 is 2.48 bits per heavy atom. The molecule has 1 aliphatic heterocycles. The molecular weight excluding hydrogens is 599 g/mol. The van der Waals surface area contributed by atoms with Crippen LogP contribution in [0, 0.1) is 5.41 Å². The summed E-state index contributed by atoms with van der Waals surface area (Å²) in [5.41, 5.74) is -1.83. The van der Waals surface area contributed by atoms with Gasteiger partial charge in [0.2, 0.25) is 5.62 Å². The van der Waals surface area contributed by atoms with Gasteiger partial charge in [0.15, 0.2) is 11.8 Å². The van der Waals surface area contributed by atoms with Gasteiger partial charge < -0.3 is 38.9 Å². The molecule has 6 N–H and O–H groups in total. The number of hydrogen-bond acceptors (Lipinski definition) is 12. The van der Waals surface area contributed by atoms with Gasteiger partial charge in [0.1, 0.15) is 29.8 Å². The highest BCUT2D eigenvalue weighted by molar-refractivity contribution is 7.60. The molecule has 2 aromatic heterocycles. The van der Waals surface area contributed by atoms with Gasteiger partial charge in [-0.15, -0.1) is 13.2 Å². The molecule has 3 heterocycles. The van der Waals surface area contributed by atoms with E-state index in [1.807, 2.05) is 0 Å². The average Bonchev–Trinajstić information content (AvgIpc) is 3.35. The Bertz CT molecular complexity index is 1620. The molecule has 0 amide bonds. The van der Waals surface area contributed by atoms with E-state index in [-0.39, 0.29) is 16.7 Å². The number of benzene rings is 1. The molecule has 1 fully saturated rings. The largest absolute Gasteiger partial charge is 0.573 e. The van der Waals surface area contributed by atoms with Crippen molar-refractivity contribution < 1.29 is 70.0 Å². The Labute approximate surface area is 218 Å². The lowest BCUT2D eigenvalue weighted by Crippen LogP contribution is -2.43. The monoisotopic (exact) mass is 618 g/mol. The van der Waals surface area contributed by atoms with Crippen molar-refractivity contribution in [1.82, 2.24) is 14.3 Å². The van der Waals surface area contributed by atoms with Gasteiger partial charge in [0, 0.05) is 12.3 Å². The van der Waals surface area contributed by atoms with E-state index in [1.54, 1.807) is 0 Å². The molecule has 1 aliphatic rings. The third-order valence-corrected chi connectivity index (χ3v) is 7.58. The van der Waals surface area contributed by atoms with E-state index in [2.05, 4.69) is 18.7 Å². The summed E-state index contributed by atoms with van der Waals surface area (Å²) >= 11 is 0. The number of aliphatic hydroxyl groups excluding tert-OH is 2. The number of nitrogens with zero attached hydrogens (tertiary/aromatic N) is 3. The predicted octanol–water partition coefficient (Wildman–Crippen LogP) is 0.0629. The minimum atomic E-state index is -5.43. The number of phosphoric ester groups is 1. The van der Waals surface area contributed by atoms with Crippen LogP contribution < -0.4 is 15.9 Å². The fourth-order valence-electron chi connectivity index (χ4n) is 3.82. The van der Waals surface area contributed by atoms with Gasteiger partial charge in [-0.2, -0.15) is 4.31 Å². The molecule has 0 spiro atoms. The number of rotatable bonds is 9. The molecule has 1 saturated heterocycles. The second-order valence-corrected chi connectivity index (χ2v) is 11.0. The molecule has 0 radical (unpaired) electrons. The standard InChI is InChI=1S/C18H19F3N4O13P2/c19-18(20,21)36-9-2-1-3-10-13(9)8(23-37-10)6-25-12(26)4-5-24(17(25)22)16-15(28)14(27)11(35-16)7-34-40(32,33)38-39(29,30)31/h1-5,11,14-16,22,27-28H,6-7H2,(H,32,33)(H2,29,30,31)/t11-,14+,15+,16-/m1/s1. The number of nitrogens with one attached hydrogen (secondary N) is 1. The molecule has 5 atom stereocenters. The number of alkyl halides is 3. The summed E-state index contributed by atoms with van der Waals surface area (Å²) in [7, 11) is -10.8. The Hall–Kier alpha value is -2.90. The number of aromatic nitrogens is 3. The number of halogens is 3. The summed E-state index contributed by atoms with van der Waals surface area (Å²) in [6.07, 6.45) is -10.9. The normalized spacial score (nSPS) is 23.4. The quantitative estimate of drug-likeness (QED) is 0.174. The van der Waals surface area contributed by atoms with Gasteiger partial charge in [-0.3, -0.25) is 23.9 Å². The van der Waals surface area contributed by atoms with Gasteiger partial charge >= 0.3 is 22.0 Å². The van der Waals surface area contributed by atoms with Crippen LogP contribution in [0.1, 0.15) is 11.9 Å². The fraction of sp³-hybridized carbons (Fsp3) is 0.389. The maximum atomic E-state index is 12.9. The van der Waals surface area contributed by atoms with Crippen molar-refractivity contribution in [2.75, 3.05) is 6.61 Å². The van der Waals surface area contributed by atoms with Crippen LogP contribution in [0.2, 0.25) is 0 Å². The van der Waals surface area contributed by atoms with Crippen molar-refractivity contribution in [2.45, 2.75) is 37.4 Å². The van der Waals surface area contributed by atoms with Crippen molar-refractivity contribution in [2.24, 2.45) is 0 Å². The summed E-state index contributed by atoms with van der Waals surface area (Å²) in [5, 5.41) is 32.6. The lowest BCUT2D eigenvalue weighted by atomic mass is 10.1. The predicted molar refractivity (Wildman–Crippen MR) is 119 cm³/mol. The second-order valence-electron chi connectivity index (χ2n) is 8.16. The topological polar surface area (TPSA) is 249 Å². The minimum Gasteiger partial charge on any atom is -0.405 e. The van der Waals surface area contributed by atoms with E-state index in [0.29, 0.717) is 0 Å². The van der Waals surface area contributed by atoms with E-state index < -0.39 is 76.6 Å². The van der Waals surface area contributed by atoms with E-state index in [1.165, 1.54) is 12.1 Å². The van der Waals surface area contributed by atoms with Crippen LogP contribution in [0.15, 0.2) is 39.8 Å². The van der Waals surface area contributed by atoms with Gasteiger partial charge in [-0.05, 0) is 12.1 Å². The van der Waals surface area contributed by atoms with Crippen LogP contribution in [-0.2, 0) is 29.2 Å². The van der Waals surface area contributed by atoms with Gasteiger partial charge in [-0.1, -0.05) is 11.2 Å². The van der Waals surface area contributed by atoms with Crippen LogP contribution in [0.25, 0.3) is 11.0 Å². The van der Waals surface area contributed by atoms with E-state index >= 15 is 0 Å². The van der Waals surface area contributed by atoms with Crippen molar-refractivity contribution in [1.29, 1.82) is 5.41 Å². The van der Waals surface area contributed by atoms with Crippen molar-refractivity contribution in [3.8, 4) is 5.75 Å². The molecule has 0 bridgehead atoms. The highest BCUT2D eigenvalue weighted by atomic mass is 31.3. The summed E-state index contributed by atoms with van der Waals surface area (Å²) in [4.78, 5) is 39.3. The Morgan fingerprint density at radius 2 is 1.82 bits per heavy atom. The van der Waals surface area contributed by atoms with Crippen molar-refractivity contribution >= 4 is 26.6 Å². The smallest absolute Gasteiger partial charge is 0.405 e. The van der Waals surface area contributed by atoms with Gasteiger partial charge in [-0.25, -0.2) is 9.13 Å². The first-order valence-corrected chi connectivity index (χ1v) is 13.7. The van der Waals surface area contributed by atoms with Crippen LogP contribution in [0.4, 0.5) is 13.2 Å². The Kier molecular flexibility index (Phi) is 8.14. The number of hydrogen-bond donors (Lipinski definition) is 6. The molecule has 22 heteroatoms. The molecule has 40 heavy (non-hydrogen) atoms. The molecule has 4 rings (SSSR count). The third kappa shape index (κ3) is 6.69. The first kappa shape index (κ1) is 30.1. The number of fused-ring (bicyclic) bond motifs is 1. The summed E-state index contributed by atoms with van der Waals surface area (Å²) in [6, 6.07) is 4.42. The van der Waals surface area contributed by atoms with E-state index in [0.717, 1.165) is 27.5 Å². The molecule has 17 nitrogen and oxygen atoms in total. The highest BCUT2D eigenvalue weighted by Crippen LogP contribution is 2.57. The van der Waals surface area contributed by atoms with Gasteiger partial charge in [0.05, 0.1) is 18.5 Å². The van der Waals surface area contributed by atoms with Crippen LogP contribution in [-0.4, -0.2) is 70.5 Å². The van der Waals surface area contributed by atoms with Crippen molar-refractivity contribution in [3.63, 3.8) is 0 Å². The minimum absolute atomic E-state index is 0.107. The highest BCUT2D eigenvalue weighted by Gasteiger charge is 2.45. The number of aliphatic hydroxyl groups is 2. The second kappa shape index (κ2) is 10.8. The number of phosphoric acid groups is 2. The molecule has 3 aromatic rings. The van der Waals surface area contributed by atoms with Crippen LogP contribution >= 0.6 is 15.6 Å². The maximum Gasteiger partial charge on any atom is 0.573 e. The van der Waals surface area contributed by atoms with Crippen molar-refractivity contribution in [3.05, 3.63) is 52.1 Å². The first-order chi connectivity index (χ1) is 18.5. The molecule has 1 aromatic carbocycles. The molecule has 0 aliphatic carbocycles. The molecule has 0 saturated carbocycles. The summed E-state index contributed by atoms with van der Waals surface area (Å²) < 4.78 is 85.1. The molecular formula is C18H19F3N4O13P2. The Balaban J connectivity index is 1.61.